The summed E-state index contributed by atoms with van der Waals surface area (Å²) >= 11 is 0. The Morgan fingerprint density at radius 3 is 2.62 bits per heavy atom. The molecule has 5 heteroatoms. The molecule has 0 aliphatic carbocycles. The molecule has 0 unspecified atom stereocenters. The van der Waals surface area contributed by atoms with Gasteiger partial charge in [-0.2, -0.15) is 0 Å². The van der Waals surface area contributed by atoms with Gasteiger partial charge in [0.2, 0.25) is 5.91 Å². The predicted octanol–water partition coefficient (Wildman–Crippen LogP) is 2.86. The molecule has 0 radical (unpaired) electrons. The lowest BCUT2D eigenvalue weighted by Gasteiger charge is -2.22. The Bertz CT molecular complexity index is 611. The molecule has 1 aromatic rings. The monoisotopic (exact) mass is 289 g/mol. The van der Waals surface area contributed by atoms with E-state index in [2.05, 4.69) is 5.32 Å². The Morgan fingerprint density at radius 1 is 1.29 bits per heavy atom. The van der Waals surface area contributed by atoms with Crippen LogP contribution < -0.4 is 10.1 Å². The molecule has 0 bridgehead atoms. The predicted molar refractivity (Wildman–Crippen MR) is 80.4 cm³/mol. The molecule has 1 aromatic carbocycles. The van der Waals surface area contributed by atoms with Crippen LogP contribution in [0.5, 0.6) is 5.75 Å². The highest BCUT2D eigenvalue weighted by molar-refractivity contribution is 6.00. The highest BCUT2D eigenvalue weighted by atomic mass is 16.5. The summed E-state index contributed by atoms with van der Waals surface area (Å²) in [5.41, 5.74) is 1.15. The maximum absolute atomic E-state index is 12.1. The second-order valence-electron chi connectivity index (χ2n) is 5.81. The minimum absolute atomic E-state index is 0.102. The van der Waals surface area contributed by atoms with E-state index >= 15 is 0 Å². The van der Waals surface area contributed by atoms with Gasteiger partial charge in [-0.3, -0.25) is 4.79 Å². The lowest BCUT2D eigenvalue weighted by atomic mass is 9.95. The number of ether oxygens (including phenoxy) is 2. The van der Waals surface area contributed by atoms with Crippen LogP contribution in [0.2, 0.25) is 0 Å². The lowest BCUT2D eigenvalue weighted by Crippen LogP contribution is -2.28. The largest absolute Gasteiger partial charge is 0.488 e. The van der Waals surface area contributed by atoms with Crippen LogP contribution in [-0.2, 0) is 9.53 Å². The zero-order valence-corrected chi connectivity index (χ0v) is 12.6. The SMILES string of the molecule is COC(=O)c1ccc(NC(=O)C(C)(C)C)c2c1OCC=C2. The van der Waals surface area contributed by atoms with Crippen molar-refractivity contribution < 1.29 is 19.1 Å². The number of carbonyl (C=O) groups is 2. The molecule has 112 valence electrons. The molecule has 0 saturated carbocycles. The lowest BCUT2D eigenvalue weighted by molar-refractivity contribution is -0.123. The number of carbonyl (C=O) groups excluding carboxylic acids is 2. The first-order valence-electron chi connectivity index (χ1n) is 6.70. The van der Waals surface area contributed by atoms with Crippen molar-refractivity contribution in [1.29, 1.82) is 0 Å². The summed E-state index contributed by atoms with van der Waals surface area (Å²) < 4.78 is 10.3. The van der Waals surface area contributed by atoms with Crippen LogP contribution >= 0.6 is 0 Å². The third-order valence-electron chi connectivity index (χ3n) is 3.14. The van der Waals surface area contributed by atoms with Crippen molar-refractivity contribution in [2.24, 2.45) is 5.41 Å². The third kappa shape index (κ3) is 3.07. The molecule has 1 amide bonds. The summed E-state index contributed by atoms with van der Waals surface area (Å²) in [6.45, 7) is 5.89. The van der Waals surface area contributed by atoms with Crippen LogP contribution in [0.3, 0.4) is 0 Å². The highest BCUT2D eigenvalue weighted by Gasteiger charge is 2.25. The second kappa shape index (κ2) is 5.60. The molecular formula is C16H19NO4. The van der Waals surface area contributed by atoms with E-state index in [-0.39, 0.29) is 5.91 Å². The Kier molecular flexibility index (Phi) is 4.02. The molecule has 1 aliphatic rings. The van der Waals surface area contributed by atoms with Crippen molar-refractivity contribution in [1.82, 2.24) is 0 Å². The normalized spacial score (nSPS) is 13.1. The van der Waals surface area contributed by atoms with Crippen LogP contribution in [-0.4, -0.2) is 25.6 Å². The van der Waals surface area contributed by atoms with Crippen LogP contribution in [0, 0.1) is 5.41 Å². The average molecular weight is 289 g/mol. The average Bonchev–Trinajstić information content (AvgIpc) is 2.45. The molecular weight excluding hydrogens is 270 g/mol. The number of fused-ring (bicyclic) bond motifs is 1. The van der Waals surface area contributed by atoms with Crippen molar-refractivity contribution >= 4 is 23.6 Å². The first-order chi connectivity index (χ1) is 9.84. The first-order valence-corrected chi connectivity index (χ1v) is 6.70. The smallest absolute Gasteiger partial charge is 0.341 e. The van der Waals surface area contributed by atoms with Gasteiger partial charge in [-0.25, -0.2) is 4.79 Å². The van der Waals surface area contributed by atoms with Gasteiger partial charge in [-0.1, -0.05) is 20.8 Å². The second-order valence-corrected chi connectivity index (χ2v) is 5.81. The Morgan fingerprint density at radius 2 is 2.00 bits per heavy atom. The van der Waals surface area contributed by atoms with Gasteiger partial charge in [0.15, 0.2) is 0 Å². The van der Waals surface area contributed by atoms with E-state index in [0.717, 1.165) is 0 Å². The molecule has 0 spiro atoms. The Labute approximate surface area is 123 Å². The molecule has 0 saturated heterocycles. The molecule has 5 nitrogen and oxygen atoms in total. The molecule has 21 heavy (non-hydrogen) atoms. The van der Waals surface area contributed by atoms with Crippen molar-refractivity contribution in [3.8, 4) is 5.75 Å². The highest BCUT2D eigenvalue weighted by Crippen LogP contribution is 2.35. The minimum Gasteiger partial charge on any atom is -0.488 e. The van der Waals surface area contributed by atoms with Gasteiger partial charge in [0.05, 0.1) is 12.8 Å². The van der Waals surface area contributed by atoms with Crippen molar-refractivity contribution in [3.05, 3.63) is 29.3 Å². The summed E-state index contributed by atoms with van der Waals surface area (Å²) in [5.74, 6) is -0.124. The third-order valence-corrected chi connectivity index (χ3v) is 3.14. The zero-order valence-electron chi connectivity index (χ0n) is 12.6. The minimum atomic E-state index is -0.507. The Balaban J connectivity index is 2.44. The zero-order chi connectivity index (χ0) is 15.6. The summed E-state index contributed by atoms with van der Waals surface area (Å²) in [6.07, 6.45) is 3.67. The van der Waals surface area contributed by atoms with E-state index in [1.165, 1.54) is 7.11 Å². The number of nitrogens with one attached hydrogen (secondary N) is 1. The maximum Gasteiger partial charge on any atom is 0.341 e. The van der Waals surface area contributed by atoms with Gasteiger partial charge in [0.1, 0.15) is 17.9 Å². The van der Waals surface area contributed by atoms with Gasteiger partial charge >= 0.3 is 5.97 Å². The maximum atomic E-state index is 12.1. The standard InChI is InChI=1S/C16H19NO4/c1-16(2,3)15(19)17-12-8-7-11(14(18)20-4)13-10(12)6-5-9-21-13/h5-8H,9H2,1-4H3,(H,17,19). The number of benzene rings is 1. The number of rotatable bonds is 2. The van der Waals surface area contributed by atoms with E-state index in [0.29, 0.717) is 29.2 Å². The van der Waals surface area contributed by atoms with Crippen molar-refractivity contribution in [2.45, 2.75) is 20.8 Å². The fraction of sp³-hybridized carbons (Fsp3) is 0.375. The van der Waals surface area contributed by atoms with Gasteiger partial charge in [-0.15, -0.1) is 0 Å². The summed E-state index contributed by atoms with van der Waals surface area (Å²) in [4.78, 5) is 23.9. The number of amides is 1. The van der Waals surface area contributed by atoms with Gasteiger partial charge in [0, 0.05) is 11.0 Å². The van der Waals surface area contributed by atoms with E-state index in [1.807, 2.05) is 32.9 Å². The fourth-order valence-corrected chi connectivity index (χ4v) is 1.91. The van der Waals surface area contributed by atoms with Gasteiger partial charge in [0.25, 0.3) is 0 Å². The molecule has 0 fully saturated rings. The van der Waals surface area contributed by atoms with E-state index in [9.17, 15) is 9.59 Å². The van der Waals surface area contributed by atoms with E-state index < -0.39 is 11.4 Å². The molecule has 0 aromatic heterocycles. The van der Waals surface area contributed by atoms with Crippen molar-refractivity contribution in [3.63, 3.8) is 0 Å². The molecule has 1 N–H and O–H groups in total. The molecule has 1 heterocycles. The van der Waals surface area contributed by atoms with E-state index in [4.69, 9.17) is 9.47 Å². The van der Waals surface area contributed by atoms with E-state index in [1.54, 1.807) is 12.1 Å². The van der Waals surface area contributed by atoms with Gasteiger partial charge < -0.3 is 14.8 Å². The first kappa shape index (κ1) is 15.1. The summed E-state index contributed by atoms with van der Waals surface area (Å²) in [5, 5.41) is 2.87. The summed E-state index contributed by atoms with van der Waals surface area (Å²) in [6, 6.07) is 3.29. The molecule has 1 aliphatic heterocycles. The topological polar surface area (TPSA) is 64.6 Å². The molecule has 0 atom stereocenters. The quantitative estimate of drug-likeness (QED) is 0.850. The summed E-state index contributed by atoms with van der Waals surface area (Å²) in [7, 11) is 1.32. The molecule has 2 rings (SSSR count). The van der Waals surface area contributed by atoms with Gasteiger partial charge in [-0.05, 0) is 24.3 Å². The van der Waals surface area contributed by atoms with Crippen molar-refractivity contribution in [2.75, 3.05) is 19.0 Å². The number of methoxy groups -OCH3 is 1. The van der Waals surface area contributed by atoms with Crippen LogP contribution in [0.15, 0.2) is 18.2 Å². The number of anilines is 1. The number of hydrogen-bond acceptors (Lipinski definition) is 4. The Hall–Kier alpha value is -2.30. The fourth-order valence-electron chi connectivity index (χ4n) is 1.91. The van der Waals surface area contributed by atoms with Crippen LogP contribution in [0.4, 0.5) is 5.69 Å². The number of hydrogen-bond donors (Lipinski definition) is 1. The van der Waals surface area contributed by atoms with Crippen LogP contribution in [0.25, 0.3) is 6.08 Å². The number of esters is 1. The van der Waals surface area contributed by atoms with Crippen LogP contribution in [0.1, 0.15) is 36.7 Å².